The fourth-order valence-corrected chi connectivity index (χ4v) is 3.56. The number of hydrogen-bond donors (Lipinski definition) is 2. The Morgan fingerprint density at radius 2 is 2.14 bits per heavy atom. The van der Waals surface area contributed by atoms with E-state index in [9.17, 15) is 9.59 Å². The highest BCUT2D eigenvalue weighted by molar-refractivity contribution is 6.05. The van der Waals surface area contributed by atoms with Gasteiger partial charge in [-0.2, -0.15) is 0 Å². The quantitative estimate of drug-likeness (QED) is 0.713. The summed E-state index contributed by atoms with van der Waals surface area (Å²) in [7, 11) is 3.44. The van der Waals surface area contributed by atoms with Gasteiger partial charge < -0.3 is 19.9 Å². The SMILES string of the molecule is COc1ccc2c(c1)C(C(=O)Nc1cccc(-c3nncn3C)c1C)CC(=O)N2. The van der Waals surface area contributed by atoms with Gasteiger partial charge in [-0.1, -0.05) is 12.1 Å². The summed E-state index contributed by atoms with van der Waals surface area (Å²) in [4.78, 5) is 25.2. The summed E-state index contributed by atoms with van der Waals surface area (Å²) in [5, 5.41) is 13.9. The number of benzene rings is 2. The van der Waals surface area contributed by atoms with Crippen LogP contribution >= 0.6 is 0 Å². The van der Waals surface area contributed by atoms with Crippen LogP contribution in [0.15, 0.2) is 42.7 Å². The number of nitrogens with zero attached hydrogens (tertiary/aromatic N) is 3. The molecule has 1 atom stereocenters. The van der Waals surface area contributed by atoms with Crippen LogP contribution in [0.1, 0.15) is 23.5 Å². The maximum absolute atomic E-state index is 13.1. The summed E-state index contributed by atoms with van der Waals surface area (Å²) >= 11 is 0. The van der Waals surface area contributed by atoms with Gasteiger partial charge in [0.05, 0.1) is 13.0 Å². The average molecular weight is 391 g/mol. The molecule has 0 saturated heterocycles. The van der Waals surface area contributed by atoms with Crippen LogP contribution < -0.4 is 15.4 Å². The zero-order valence-electron chi connectivity index (χ0n) is 16.4. The molecular weight excluding hydrogens is 370 g/mol. The molecule has 2 N–H and O–H groups in total. The highest BCUT2D eigenvalue weighted by Gasteiger charge is 2.31. The summed E-state index contributed by atoms with van der Waals surface area (Å²) in [5.41, 5.74) is 3.80. The van der Waals surface area contributed by atoms with E-state index in [0.29, 0.717) is 22.9 Å². The summed E-state index contributed by atoms with van der Waals surface area (Å²) in [6, 6.07) is 10.9. The van der Waals surface area contributed by atoms with E-state index in [1.54, 1.807) is 31.6 Å². The van der Waals surface area contributed by atoms with Crippen LogP contribution in [0.5, 0.6) is 5.75 Å². The second-order valence-corrected chi connectivity index (χ2v) is 6.99. The molecule has 8 nitrogen and oxygen atoms in total. The van der Waals surface area contributed by atoms with Crippen molar-refractivity contribution in [2.45, 2.75) is 19.3 Å². The first-order chi connectivity index (χ1) is 14.0. The van der Waals surface area contributed by atoms with Crippen LogP contribution in [0.25, 0.3) is 11.4 Å². The summed E-state index contributed by atoms with van der Waals surface area (Å²) in [5.74, 6) is 0.315. The number of nitrogens with one attached hydrogen (secondary N) is 2. The molecule has 8 heteroatoms. The Labute approximate surface area is 167 Å². The lowest BCUT2D eigenvalue weighted by molar-refractivity contribution is -0.123. The number of carbonyl (C=O) groups excluding carboxylic acids is 2. The fourth-order valence-electron chi connectivity index (χ4n) is 3.56. The number of methoxy groups -OCH3 is 1. The lowest BCUT2D eigenvalue weighted by Gasteiger charge is -2.25. The molecule has 148 valence electrons. The van der Waals surface area contributed by atoms with Crippen LogP contribution in [-0.2, 0) is 16.6 Å². The van der Waals surface area contributed by atoms with Crippen LogP contribution in [0, 0.1) is 6.92 Å². The molecule has 29 heavy (non-hydrogen) atoms. The Morgan fingerprint density at radius 3 is 2.86 bits per heavy atom. The molecule has 2 aromatic carbocycles. The lowest BCUT2D eigenvalue weighted by atomic mass is 9.89. The minimum atomic E-state index is -0.605. The van der Waals surface area contributed by atoms with E-state index in [4.69, 9.17) is 4.74 Å². The predicted molar refractivity (Wildman–Crippen MR) is 109 cm³/mol. The van der Waals surface area contributed by atoms with Crippen molar-refractivity contribution in [2.75, 3.05) is 17.7 Å². The smallest absolute Gasteiger partial charge is 0.232 e. The van der Waals surface area contributed by atoms with E-state index in [2.05, 4.69) is 20.8 Å². The van der Waals surface area contributed by atoms with Crippen LogP contribution in [-0.4, -0.2) is 33.7 Å². The largest absolute Gasteiger partial charge is 0.497 e. The molecule has 0 spiro atoms. The third-order valence-corrected chi connectivity index (χ3v) is 5.16. The van der Waals surface area contributed by atoms with Gasteiger partial charge in [-0.05, 0) is 42.3 Å². The van der Waals surface area contributed by atoms with E-state index in [1.165, 1.54) is 0 Å². The van der Waals surface area contributed by atoms with Crippen molar-refractivity contribution in [3.05, 3.63) is 53.9 Å². The minimum absolute atomic E-state index is 0.0774. The van der Waals surface area contributed by atoms with Gasteiger partial charge in [-0.15, -0.1) is 10.2 Å². The molecule has 2 heterocycles. The summed E-state index contributed by atoms with van der Waals surface area (Å²) < 4.78 is 7.10. The van der Waals surface area contributed by atoms with E-state index in [-0.39, 0.29) is 18.2 Å². The van der Waals surface area contributed by atoms with E-state index in [0.717, 1.165) is 16.7 Å². The monoisotopic (exact) mass is 391 g/mol. The Bertz CT molecular complexity index is 1110. The zero-order valence-corrected chi connectivity index (χ0v) is 16.4. The molecule has 0 bridgehead atoms. The molecule has 4 rings (SSSR count). The zero-order chi connectivity index (χ0) is 20.5. The number of carbonyl (C=O) groups is 2. The molecule has 0 saturated carbocycles. The maximum atomic E-state index is 13.1. The first kappa shape index (κ1) is 18.7. The lowest BCUT2D eigenvalue weighted by Crippen LogP contribution is -2.31. The Morgan fingerprint density at radius 1 is 1.31 bits per heavy atom. The van der Waals surface area contributed by atoms with Crippen LogP contribution in [0.2, 0.25) is 0 Å². The molecule has 0 fully saturated rings. The third kappa shape index (κ3) is 3.44. The Hall–Kier alpha value is -3.68. The number of anilines is 2. The average Bonchev–Trinajstić information content (AvgIpc) is 3.14. The van der Waals surface area contributed by atoms with Crippen molar-refractivity contribution in [3.63, 3.8) is 0 Å². The second kappa shape index (κ2) is 7.38. The molecule has 0 aliphatic carbocycles. The van der Waals surface area contributed by atoms with Crippen molar-refractivity contribution < 1.29 is 14.3 Å². The number of ether oxygens (including phenoxy) is 1. The summed E-state index contributed by atoms with van der Waals surface area (Å²) in [6.07, 6.45) is 1.71. The third-order valence-electron chi connectivity index (χ3n) is 5.16. The predicted octanol–water partition coefficient (Wildman–Crippen LogP) is 2.86. The van der Waals surface area contributed by atoms with E-state index in [1.807, 2.05) is 36.7 Å². The number of rotatable bonds is 4. The summed E-state index contributed by atoms with van der Waals surface area (Å²) in [6.45, 7) is 1.92. The Kier molecular flexibility index (Phi) is 4.75. The second-order valence-electron chi connectivity index (χ2n) is 6.99. The van der Waals surface area contributed by atoms with Gasteiger partial charge in [0, 0.05) is 30.4 Å². The van der Waals surface area contributed by atoms with Crippen LogP contribution in [0.4, 0.5) is 11.4 Å². The van der Waals surface area contributed by atoms with Crippen molar-refractivity contribution in [3.8, 4) is 17.1 Å². The van der Waals surface area contributed by atoms with E-state index < -0.39 is 5.92 Å². The topological polar surface area (TPSA) is 98.1 Å². The van der Waals surface area contributed by atoms with Crippen molar-refractivity contribution in [1.82, 2.24) is 14.8 Å². The molecule has 1 unspecified atom stereocenters. The van der Waals surface area contributed by atoms with Gasteiger partial charge in [-0.3, -0.25) is 9.59 Å². The van der Waals surface area contributed by atoms with Crippen LogP contribution in [0.3, 0.4) is 0 Å². The van der Waals surface area contributed by atoms with Gasteiger partial charge in [0.25, 0.3) is 0 Å². The number of aryl methyl sites for hydroxylation is 1. The highest BCUT2D eigenvalue weighted by Crippen LogP contribution is 2.36. The van der Waals surface area contributed by atoms with Crippen molar-refractivity contribution >= 4 is 23.2 Å². The molecule has 1 aromatic heterocycles. The first-order valence-electron chi connectivity index (χ1n) is 9.20. The first-order valence-corrected chi connectivity index (χ1v) is 9.20. The fraction of sp³-hybridized carbons (Fsp3) is 0.238. The molecule has 3 aromatic rings. The maximum Gasteiger partial charge on any atom is 0.232 e. The molecule has 1 aliphatic heterocycles. The van der Waals surface area contributed by atoms with Crippen molar-refractivity contribution in [2.24, 2.45) is 7.05 Å². The highest BCUT2D eigenvalue weighted by atomic mass is 16.5. The van der Waals surface area contributed by atoms with Gasteiger partial charge >= 0.3 is 0 Å². The number of fused-ring (bicyclic) bond motifs is 1. The van der Waals surface area contributed by atoms with Gasteiger partial charge in [0.2, 0.25) is 11.8 Å². The molecule has 1 aliphatic rings. The number of hydrogen-bond acceptors (Lipinski definition) is 5. The normalized spacial score (nSPS) is 15.4. The number of aromatic nitrogens is 3. The van der Waals surface area contributed by atoms with Gasteiger partial charge in [-0.25, -0.2) is 0 Å². The van der Waals surface area contributed by atoms with E-state index >= 15 is 0 Å². The van der Waals surface area contributed by atoms with Crippen molar-refractivity contribution in [1.29, 1.82) is 0 Å². The Balaban J connectivity index is 1.66. The minimum Gasteiger partial charge on any atom is -0.497 e. The molecule has 2 amide bonds. The van der Waals surface area contributed by atoms with Gasteiger partial charge in [0.1, 0.15) is 12.1 Å². The molecular formula is C21H21N5O3. The number of amides is 2. The molecule has 0 radical (unpaired) electrons. The standard InChI is InChI=1S/C21H21N5O3/c1-12-14(20-25-22-11-26(20)2)5-4-6-17(12)24-21(28)16-10-19(27)23-18-8-7-13(29-3)9-15(16)18/h4-9,11,16H,10H2,1-3H3,(H,23,27)(H,24,28). The van der Waals surface area contributed by atoms with Gasteiger partial charge in [0.15, 0.2) is 5.82 Å².